The summed E-state index contributed by atoms with van der Waals surface area (Å²) in [6, 6.07) is 0. The number of rotatable bonds is 3. The summed E-state index contributed by atoms with van der Waals surface area (Å²) in [6.07, 6.45) is 0. The van der Waals surface area contributed by atoms with Gasteiger partial charge in [-0.05, 0) is 14.1 Å². The molecule has 0 atom stereocenters. The molecule has 0 rings (SSSR count). The third-order valence-corrected chi connectivity index (χ3v) is 5.00. The van der Waals surface area contributed by atoms with Gasteiger partial charge in [0.25, 0.3) is 0 Å². The van der Waals surface area contributed by atoms with Crippen LogP contribution in [-0.2, 0) is 9.13 Å². The van der Waals surface area contributed by atoms with E-state index in [4.69, 9.17) is 19.6 Å². The Hall–Kier alpha value is 0.220. The van der Waals surface area contributed by atoms with Gasteiger partial charge >= 0.3 is 15.2 Å². The largest absolute Gasteiger partial charge is 0.412 e. The molecule has 8 nitrogen and oxygen atoms in total. The Bertz CT molecular complexity index is 218. The van der Waals surface area contributed by atoms with Gasteiger partial charge in [-0.1, -0.05) is 0 Å². The smallest absolute Gasteiger partial charge is 0.354 e. The standard InChI is InChI=1S/C3H11NO6P2.H2O/c1-4(2)3(11(5,6)7)12(8,9)10;/h3H,1-2H3,(H2,5,6,7)(H2,8,9,10);1H2. The highest BCUT2D eigenvalue weighted by Crippen LogP contribution is 2.60. The normalized spacial score (nSPS) is 13.2. The van der Waals surface area contributed by atoms with Crippen LogP contribution < -0.4 is 0 Å². The summed E-state index contributed by atoms with van der Waals surface area (Å²) in [5.74, 6) is 0. The van der Waals surface area contributed by atoms with Crippen LogP contribution in [0.4, 0.5) is 0 Å². The molecule has 0 aliphatic carbocycles. The van der Waals surface area contributed by atoms with Crippen LogP contribution >= 0.6 is 15.2 Å². The lowest BCUT2D eigenvalue weighted by Crippen LogP contribution is -2.27. The van der Waals surface area contributed by atoms with E-state index in [9.17, 15) is 9.13 Å². The van der Waals surface area contributed by atoms with Gasteiger partial charge in [-0.25, -0.2) is 0 Å². The lowest BCUT2D eigenvalue weighted by atomic mass is 11.0. The highest BCUT2D eigenvalue weighted by Gasteiger charge is 2.44. The maximum absolute atomic E-state index is 10.6. The van der Waals surface area contributed by atoms with Crippen molar-refractivity contribution in [3.63, 3.8) is 0 Å². The molecule has 0 spiro atoms. The molecule has 0 aliphatic heterocycles. The van der Waals surface area contributed by atoms with Gasteiger partial charge in [-0.3, -0.25) is 14.0 Å². The molecular formula is C3H13NO7P2. The van der Waals surface area contributed by atoms with Crippen molar-refractivity contribution in [2.24, 2.45) is 0 Å². The highest BCUT2D eigenvalue weighted by atomic mass is 31.2. The average Bonchev–Trinajstić information content (AvgIpc) is 1.49. The quantitative estimate of drug-likeness (QED) is 0.430. The van der Waals surface area contributed by atoms with Crippen molar-refractivity contribution in [3.05, 3.63) is 0 Å². The van der Waals surface area contributed by atoms with Crippen LogP contribution in [0, 0.1) is 0 Å². The van der Waals surface area contributed by atoms with Crippen molar-refractivity contribution >= 4 is 15.2 Å². The fraction of sp³-hybridized carbons (Fsp3) is 1.00. The van der Waals surface area contributed by atoms with E-state index in [-0.39, 0.29) is 5.48 Å². The number of hydrogen-bond donors (Lipinski definition) is 4. The lowest BCUT2D eigenvalue weighted by molar-refractivity contribution is 0.280. The topological polar surface area (TPSA) is 150 Å². The second-order valence-corrected chi connectivity index (χ2v) is 6.23. The first-order chi connectivity index (χ1) is 5.07. The summed E-state index contributed by atoms with van der Waals surface area (Å²) >= 11 is 0. The molecule has 0 aromatic heterocycles. The molecule has 0 amide bonds. The Morgan fingerprint density at radius 2 is 1.23 bits per heavy atom. The molecule has 82 valence electrons. The number of nitrogens with zero attached hydrogens (tertiary/aromatic N) is 1. The van der Waals surface area contributed by atoms with Crippen molar-refractivity contribution < 1.29 is 34.2 Å². The molecule has 13 heavy (non-hydrogen) atoms. The molecule has 0 saturated heterocycles. The van der Waals surface area contributed by atoms with E-state index >= 15 is 0 Å². The maximum atomic E-state index is 10.6. The van der Waals surface area contributed by atoms with E-state index in [1.165, 1.54) is 14.1 Å². The zero-order valence-corrected chi connectivity index (χ0v) is 8.81. The minimum atomic E-state index is -4.79. The van der Waals surface area contributed by atoms with Gasteiger partial charge in [0.05, 0.1) is 0 Å². The minimum absolute atomic E-state index is 0. The first kappa shape index (κ1) is 15.7. The monoisotopic (exact) mass is 237 g/mol. The summed E-state index contributed by atoms with van der Waals surface area (Å²) in [4.78, 5) is 35.0. The molecule has 0 heterocycles. The summed E-state index contributed by atoms with van der Waals surface area (Å²) in [6.45, 7) is 0. The average molecular weight is 237 g/mol. The number of hydrogen-bond acceptors (Lipinski definition) is 3. The molecule has 0 aliphatic rings. The minimum Gasteiger partial charge on any atom is -0.412 e. The molecule has 0 aromatic carbocycles. The predicted molar refractivity (Wildman–Crippen MR) is 45.2 cm³/mol. The second kappa shape index (κ2) is 4.63. The Morgan fingerprint density at radius 3 is 1.23 bits per heavy atom. The van der Waals surface area contributed by atoms with Gasteiger partial charge in [0.15, 0.2) is 0 Å². The zero-order valence-electron chi connectivity index (χ0n) is 7.02. The van der Waals surface area contributed by atoms with E-state index < -0.39 is 20.7 Å². The Labute approximate surface area is 74.8 Å². The van der Waals surface area contributed by atoms with Crippen LogP contribution in [0.2, 0.25) is 0 Å². The fourth-order valence-corrected chi connectivity index (χ4v) is 3.57. The van der Waals surface area contributed by atoms with E-state index in [1.54, 1.807) is 0 Å². The van der Waals surface area contributed by atoms with Crippen LogP contribution in [-0.4, -0.2) is 49.6 Å². The van der Waals surface area contributed by atoms with Crippen molar-refractivity contribution in [1.82, 2.24) is 4.90 Å². The van der Waals surface area contributed by atoms with Crippen LogP contribution in [0.5, 0.6) is 0 Å². The fourth-order valence-electron chi connectivity index (χ4n) is 0.798. The Morgan fingerprint density at radius 1 is 1.00 bits per heavy atom. The summed E-state index contributed by atoms with van der Waals surface area (Å²) < 4.78 is 21.2. The molecule has 0 saturated carbocycles. The first-order valence-electron chi connectivity index (χ1n) is 2.83. The molecule has 10 heteroatoms. The van der Waals surface area contributed by atoms with E-state index in [1.807, 2.05) is 0 Å². The lowest BCUT2D eigenvalue weighted by Gasteiger charge is -2.25. The first-order valence-corrected chi connectivity index (χ1v) is 6.20. The van der Waals surface area contributed by atoms with Crippen LogP contribution in [0.1, 0.15) is 0 Å². The van der Waals surface area contributed by atoms with Gasteiger partial charge in [0, 0.05) is 0 Å². The SMILES string of the molecule is CN(C)C(P(=O)(O)O)P(=O)(O)O.O. The van der Waals surface area contributed by atoms with Crippen LogP contribution in [0.25, 0.3) is 0 Å². The van der Waals surface area contributed by atoms with Crippen molar-refractivity contribution in [1.29, 1.82) is 0 Å². The summed E-state index contributed by atoms with van der Waals surface area (Å²) in [7, 11) is -7.21. The molecule has 0 aromatic rings. The molecule has 0 radical (unpaired) electrons. The van der Waals surface area contributed by atoms with E-state index in [0.29, 0.717) is 0 Å². The van der Waals surface area contributed by atoms with E-state index in [2.05, 4.69) is 0 Å². The van der Waals surface area contributed by atoms with Crippen LogP contribution in [0.3, 0.4) is 0 Å². The van der Waals surface area contributed by atoms with Crippen molar-refractivity contribution in [2.45, 2.75) is 5.52 Å². The van der Waals surface area contributed by atoms with Crippen molar-refractivity contribution in [2.75, 3.05) is 14.1 Å². The second-order valence-electron chi connectivity index (χ2n) is 2.49. The van der Waals surface area contributed by atoms with E-state index in [0.717, 1.165) is 4.90 Å². The third kappa shape index (κ3) is 4.85. The molecule has 0 bridgehead atoms. The van der Waals surface area contributed by atoms with Gasteiger partial charge in [0.1, 0.15) is 0 Å². The van der Waals surface area contributed by atoms with Gasteiger partial charge in [0.2, 0.25) is 5.52 Å². The molecule has 0 unspecified atom stereocenters. The molecule has 0 fully saturated rings. The molecular weight excluding hydrogens is 224 g/mol. The zero-order chi connectivity index (χ0) is 10.2. The predicted octanol–water partition coefficient (Wildman–Crippen LogP) is -1.64. The molecule has 6 N–H and O–H groups in total. The summed E-state index contributed by atoms with van der Waals surface area (Å²) in [5, 5.41) is 0. The van der Waals surface area contributed by atoms with Gasteiger partial charge in [-0.15, -0.1) is 0 Å². The highest BCUT2D eigenvalue weighted by molar-refractivity contribution is 7.70. The summed E-state index contributed by atoms with van der Waals surface area (Å²) in [5.41, 5.74) is -2.05. The maximum Gasteiger partial charge on any atom is 0.354 e. The van der Waals surface area contributed by atoms with Gasteiger partial charge < -0.3 is 25.0 Å². The Balaban J connectivity index is 0. The van der Waals surface area contributed by atoms with Crippen molar-refractivity contribution in [3.8, 4) is 0 Å². The Kier molecular flexibility index (Phi) is 5.59. The third-order valence-electron chi connectivity index (χ3n) is 1.06. The van der Waals surface area contributed by atoms with Gasteiger partial charge in [-0.2, -0.15) is 0 Å². The van der Waals surface area contributed by atoms with Crippen LogP contribution in [0.15, 0.2) is 0 Å².